The summed E-state index contributed by atoms with van der Waals surface area (Å²) in [5.74, 6) is 0.797. The van der Waals surface area contributed by atoms with Crippen LogP contribution >= 0.6 is 0 Å². The maximum Gasteiger partial charge on any atom is 0.249 e. The molecule has 0 saturated carbocycles. The van der Waals surface area contributed by atoms with E-state index in [1.54, 1.807) is 13.1 Å². The summed E-state index contributed by atoms with van der Waals surface area (Å²) in [5, 5.41) is 15.6. The smallest absolute Gasteiger partial charge is 0.249 e. The van der Waals surface area contributed by atoms with Crippen molar-refractivity contribution in [3.63, 3.8) is 0 Å². The van der Waals surface area contributed by atoms with Gasteiger partial charge < -0.3 is 10.1 Å². The van der Waals surface area contributed by atoms with E-state index in [4.69, 9.17) is 10.00 Å². The lowest BCUT2D eigenvalue weighted by atomic mass is 10.2. The van der Waals surface area contributed by atoms with E-state index in [2.05, 4.69) is 10.4 Å². The van der Waals surface area contributed by atoms with E-state index in [1.165, 1.54) is 17.0 Å². The molecule has 6 heteroatoms. The molecule has 0 spiro atoms. The van der Waals surface area contributed by atoms with E-state index in [1.807, 2.05) is 60.7 Å². The van der Waals surface area contributed by atoms with Crippen molar-refractivity contribution in [1.29, 1.82) is 5.26 Å². The highest BCUT2D eigenvalue weighted by molar-refractivity contribution is 6.02. The quantitative estimate of drug-likeness (QED) is 0.684. The minimum atomic E-state index is -0.334. The standard InChI is InChI=1S/C21H18N4O2/c1-25-21(18(13-22)14-23-25)24-20(26)12-9-16-7-10-19(11-8-16)27-15-17-5-3-2-4-6-17/h2-12,14H,15H2,1H3,(H,24,26)/b12-9+. The van der Waals surface area contributed by atoms with Gasteiger partial charge >= 0.3 is 0 Å². The van der Waals surface area contributed by atoms with Gasteiger partial charge in [-0.25, -0.2) is 0 Å². The fourth-order valence-electron chi connectivity index (χ4n) is 2.41. The Morgan fingerprint density at radius 1 is 1.22 bits per heavy atom. The zero-order valence-corrected chi connectivity index (χ0v) is 14.8. The molecular formula is C21H18N4O2. The van der Waals surface area contributed by atoms with Crippen molar-refractivity contribution in [1.82, 2.24) is 9.78 Å². The summed E-state index contributed by atoms with van der Waals surface area (Å²) in [6.45, 7) is 0.504. The number of hydrogen-bond donors (Lipinski definition) is 1. The molecule has 1 amide bonds. The van der Waals surface area contributed by atoms with Crippen molar-refractivity contribution in [2.45, 2.75) is 6.61 Å². The first-order valence-electron chi connectivity index (χ1n) is 8.33. The minimum Gasteiger partial charge on any atom is -0.489 e. The van der Waals surface area contributed by atoms with Crippen LogP contribution in [-0.4, -0.2) is 15.7 Å². The summed E-state index contributed by atoms with van der Waals surface area (Å²) in [6.07, 6.45) is 4.51. The average Bonchev–Trinajstić information content (AvgIpc) is 3.06. The molecule has 27 heavy (non-hydrogen) atoms. The summed E-state index contributed by atoms with van der Waals surface area (Å²) in [7, 11) is 1.66. The van der Waals surface area contributed by atoms with Crippen molar-refractivity contribution in [3.8, 4) is 11.8 Å². The second kappa shape index (κ2) is 8.50. The van der Waals surface area contributed by atoms with E-state index >= 15 is 0 Å². The van der Waals surface area contributed by atoms with Crippen LogP contribution in [0.5, 0.6) is 5.75 Å². The Kier molecular flexibility index (Phi) is 5.65. The van der Waals surface area contributed by atoms with Gasteiger partial charge in [0.05, 0.1) is 6.20 Å². The van der Waals surface area contributed by atoms with Crippen LogP contribution in [0.4, 0.5) is 5.82 Å². The van der Waals surface area contributed by atoms with Crippen LogP contribution in [0.25, 0.3) is 6.08 Å². The van der Waals surface area contributed by atoms with Gasteiger partial charge in [0.25, 0.3) is 0 Å². The molecule has 6 nitrogen and oxygen atoms in total. The van der Waals surface area contributed by atoms with E-state index < -0.39 is 0 Å². The molecule has 3 aromatic rings. The van der Waals surface area contributed by atoms with Crippen molar-refractivity contribution < 1.29 is 9.53 Å². The lowest BCUT2D eigenvalue weighted by Gasteiger charge is -2.06. The number of anilines is 1. The van der Waals surface area contributed by atoms with Crippen molar-refractivity contribution in [3.05, 3.63) is 83.6 Å². The minimum absolute atomic E-state index is 0.319. The van der Waals surface area contributed by atoms with Crippen LogP contribution in [0.15, 0.2) is 66.9 Å². The second-order valence-electron chi connectivity index (χ2n) is 5.81. The summed E-state index contributed by atoms with van der Waals surface area (Å²) in [6, 6.07) is 19.4. The molecule has 0 atom stereocenters. The summed E-state index contributed by atoms with van der Waals surface area (Å²) < 4.78 is 7.19. The molecule has 0 fully saturated rings. The van der Waals surface area contributed by atoms with Crippen LogP contribution in [-0.2, 0) is 18.4 Å². The maximum atomic E-state index is 12.1. The van der Waals surface area contributed by atoms with Crippen molar-refractivity contribution >= 4 is 17.8 Å². The number of nitrogens with zero attached hydrogens (tertiary/aromatic N) is 3. The Morgan fingerprint density at radius 3 is 2.67 bits per heavy atom. The predicted molar refractivity (Wildman–Crippen MR) is 103 cm³/mol. The molecule has 0 aliphatic heterocycles. The van der Waals surface area contributed by atoms with Gasteiger partial charge in [0.1, 0.15) is 29.8 Å². The molecule has 0 unspecified atom stereocenters. The number of aromatic nitrogens is 2. The number of aryl methyl sites for hydroxylation is 1. The molecule has 0 saturated heterocycles. The third kappa shape index (κ3) is 4.83. The third-order valence-electron chi connectivity index (χ3n) is 3.86. The van der Waals surface area contributed by atoms with Crippen molar-refractivity contribution in [2.24, 2.45) is 7.05 Å². The first-order valence-corrected chi connectivity index (χ1v) is 8.33. The lowest BCUT2D eigenvalue weighted by Crippen LogP contribution is -2.12. The molecule has 2 aromatic carbocycles. The summed E-state index contributed by atoms with van der Waals surface area (Å²) in [4.78, 5) is 12.1. The Morgan fingerprint density at radius 2 is 1.96 bits per heavy atom. The number of amides is 1. The lowest BCUT2D eigenvalue weighted by molar-refractivity contribution is -0.111. The SMILES string of the molecule is Cn1ncc(C#N)c1NC(=O)/C=C/c1ccc(OCc2ccccc2)cc1. The molecule has 0 aliphatic carbocycles. The number of carbonyl (C=O) groups excluding carboxylic acids is 1. The Balaban J connectivity index is 1.56. The molecule has 134 valence electrons. The molecule has 0 bridgehead atoms. The first-order chi connectivity index (χ1) is 13.2. The average molecular weight is 358 g/mol. The van der Waals surface area contributed by atoms with E-state index in [9.17, 15) is 4.79 Å². The Hall–Kier alpha value is -3.85. The van der Waals surface area contributed by atoms with Gasteiger partial charge in [-0.15, -0.1) is 0 Å². The summed E-state index contributed by atoms with van der Waals surface area (Å²) in [5.41, 5.74) is 2.28. The van der Waals surface area contributed by atoms with Gasteiger partial charge in [-0.1, -0.05) is 42.5 Å². The summed E-state index contributed by atoms with van der Waals surface area (Å²) >= 11 is 0. The number of carbonyl (C=O) groups is 1. The fraction of sp³-hybridized carbons (Fsp3) is 0.0952. The molecule has 0 radical (unpaired) electrons. The first kappa shape index (κ1) is 18.0. The van der Waals surface area contributed by atoms with E-state index in [-0.39, 0.29) is 5.91 Å². The number of ether oxygens (including phenoxy) is 1. The number of nitriles is 1. The third-order valence-corrected chi connectivity index (χ3v) is 3.86. The molecule has 3 rings (SSSR count). The van der Waals surface area contributed by atoms with Gasteiger partial charge in [-0.2, -0.15) is 10.4 Å². The normalized spacial score (nSPS) is 10.5. The molecular weight excluding hydrogens is 340 g/mol. The van der Waals surface area contributed by atoms with Crippen LogP contribution < -0.4 is 10.1 Å². The van der Waals surface area contributed by atoms with E-state index in [0.717, 1.165) is 16.9 Å². The Bertz CT molecular complexity index is 983. The zero-order valence-electron chi connectivity index (χ0n) is 14.8. The Labute approximate surface area is 157 Å². The maximum absolute atomic E-state index is 12.1. The highest BCUT2D eigenvalue weighted by Crippen LogP contribution is 2.16. The predicted octanol–water partition coefficient (Wildman–Crippen LogP) is 3.52. The van der Waals surface area contributed by atoms with Gasteiger partial charge in [-0.05, 0) is 29.3 Å². The second-order valence-corrected chi connectivity index (χ2v) is 5.81. The highest BCUT2D eigenvalue weighted by Gasteiger charge is 2.09. The van der Waals surface area contributed by atoms with Crippen LogP contribution in [0.3, 0.4) is 0 Å². The zero-order chi connectivity index (χ0) is 19.1. The number of rotatable bonds is 6. The number of hydrogen-bond acceptors (Lipinski definition) is 4. The van der Waals surface area contributed by atoms with E-state index in [0.29, 0.717) is 18.0 Å². The van der Waals surface area contributed by atoms with Gasteiger partial charge in [-0.3, -0.25) is 9.48 Å². The molecule has 1 N–H and O–H groups in total. The van der Waals surface area contributed by atoms with Crippen LogP contribution in [0, 0.1) is 11.3 Å². The molecule has 1 heterocycles. The van der Waals surface area contributed by atoms with Crippen LogP contribution in [0.2, 0.25) is 0 Å². The van der Waals surface area contributed by atoms with Crippen molar-refractivity contribution in [2.75, 3.05) is 5.32 Å². The topological polar surface area (TPSA) is 79.9 Å². The fourth-order valence-corrected chi connectivity index (χ4v) is 2.41. The molecule has 0 aliphatic rings. The monoisotopic (exact) mass is 358 g/mol. The van der Waals surface area contributed by atoms with Crippen LogP contribution in [0.1, 0.15) is 16.7 Å². The number of benzene rings is 2. The number of nitrogens with one attached hydrogen (secondary N) is 1. The van der Waals surface area contributed by atoms with Gasteiger partial charge in [0.2, 0.25) is 5.91 Å². The van der Waals surface area contributed by atoms with Gasteiger partial charge in [0.15, 0.2) is 0 Å². The van der Waals surface area contributed by atoms with Gasteiger partial charge in [0, 0.05) is 13.1 Å². The highest BCUT2D eigenvalue weighted by atomic mass is 16.5. The largest absolute Gasteiger partial charge is 0.489 e. The molecule has 1 aromatic heterocycles.